The maximum atomic E-state index is 12.6. The van der Waals surface area contributed by atoms with Crippen molar-refractivity contribution < 1.29 is 21.6 Å². The zero-order chi connectivity index (χ0) is 19.4. The van der Waals surface area contributed by atoms with Crippen LogP contribution in [0.25, 0.3) is 0 Å². The SMILES string of the molecule is CN=C(NCCc1ccc(Cl)s1)NC1CCN(S(=O)(=O)C(F)(F)F)CC1. The number of hydrogen-bond acceptors (Lipinski definition) is 4. The summed E-state index contributed by atoms with van der Waals surface area (Å²) < 4.78 is 61.8. The van der Waals surface area contributed by atoms with Crippen LogP contribution in [0, 0.1) is 0 Å². The quantitative estimate of drug-likeness (QED) is 0.553. The first-order chi connectivity index (χ1) is 12.1. The highest BCUT2D eigenvalue weighted by Crippen LogP contribution is 2.29. The van der Waals surface area contributed by atoms with E-state index in [1.807, 2.05) is 12.1 Å². The van der Waals surface area contributed by atoms with E-state index in [1.165, 1.54) is 11.3 Å². The highest BCUT2D eigenvalue weighted by Gasteiger charge is 2.50. The molecule has 148 valence electrons. The molecule has 26 heavy (non-hydrogen) atoms. The molecule has 2 N–H and O–H groups in total. The Labute approximate surface area is 159 Å². The zero-order valence-corrected chi connectivity index (χ0v) is 16.4. The number of alkyl halides is 3. The molecule has 2 heterocycles. The fourth-order valence-corrected chi connectivity index (χ4v) is 4.64. The number of rotatable bonds is 5. The molecular formula is C14H20ClF3N4O2S2. The minimum atomic E-state index is -5.25. The maximum Gasteiger partial charge on any atom is 0.511 e. The molecule has 1 fully saturated rings. The lowest BCUT2D eigenvalue weighted by molar-refractivity contribution is -0.0494. The molecule has 1 aromatic heterocycles. The van der Waals surface area contributed by atoms with Crippen molar-refractivity contribution in [2.24, 2.45) is 4.99 Å². The fraction of sp³-hybridized carbons (Fsp3) is 0.643. The molecular weight excluding hydrogens is 413 g/mol. The van der Waals surface area contributed by atoms with Gasteiger partial charge in [-0.15, -0.1) is 11.3 Å². The highest BCUT2D eigenvalue weighted by molar-refractivity contribution is 7.90. The van der Waals surface area contributed by atoms with E-state index in [0.29, 0.717) is 16.8 Å². The number of hydrogen-bond donors (Lipinski definition) is 2. The number of halogens is 4. The predicted molar refractivity (Wildman–Crippen MR) is 97.1 cm³/mol. The molecule has 0 amide bonds. The maximum absolute atomic E-state index is 12.6. The molecule has 1 aliphatic rings. The van der Waals surface area contributed by atoms with Gasteiger partial charge >= 0.3 is 15.5 Å². The van der Waals surface area contributed by atoms with E-state index in [9.17, 15) is 21.6 Å². The summed E-state index contributed by atoms with van der Waals surface area (Å²) in [7, 11) is -3.65. The first kappa shape index (κ1) is 21.3. The van der Waals surface area contributed by atoms with Crippen LogP contribution < -0.4 is 10.6 Å². The van der Waals surface area contributed by atoms with E-state index in [4.69, 9.17) is 11.6 Å². The van der Waals surface area contributed by atoms with Gasteiger partial charge in [0.2, 0.25) is 0 Å². The molecule has 0 saturated carbocycles. The van der Waals surface area contributed by atoms with Gasteiger partial charge in [-0.1, -0.05) is 11.6 Å². The molecule has 6 nitrogen and oxygen atoms in total. The summed E-state index contributed by atoms with van der Waals surface area (Å²) >= 11 is 7.37. The van der Waals surface area contributed by atoms with E-state index in [1.54, 1.807) is 7.05 Å². The smallest absolute Gasteiger partial charge is 0.356 e. The monoisotopic (exact) mass is 432 g/mol. The molecule has 2 rings (SSSR count). The van der Waals surface area contributed by atoms with Crippen LogP contribution >= 0.6 is 22.9 Å². The van der Waals surface area contributed by atoms with Gasteiger partial charge in [0, 0.05) is 37.6 Å². The van der Waals surface area contributed by atoms with Gasteiger partial charge in [0.1, 0.15) is 0 Å². The average Bonchev–Trinajstić information content (AvgIpc) is 2.98. The molecule has 0 radical (unpaired) electrons. The van der Waals surface area contributed by atoms with Crippen molar-refractivity contribution in [1.29, 1.82) is 0 Å². The topological polar surface area (TPSA) is 73.8 Å². The van der Waals surface area contributed by atoms with Crippen molar-refractivity contribution in [3.63, 3.8) is 0 Å². The molecule has 0 aliphatic carbocycles. The second kappa shape index (κ2) is 8.77. The lowest BCUT2D eigenvalue weighted by Crippen LogP contribution is -2.51. The number of nitrogens with zero attached hydrogens (tertiary/aromatic N) is 2. The number of aliphatic imine (C=N–C) groups is 1. The number of sulfonamides is 1. The van der Waals surface area contributed by atoms with E-state index < -0.39 is 15.5 Å². The average molecular weight is 433 g/mol. The molecule has 1 aliphatic heterocycles. The second-order valence-corrected chi connectivity index (χ2v) is 9.45. The third kappa shape index (κ3) is 5.48. The molecule has 1 aromatic rings. The third-order valence-electron chi connectivity index (χ3n) is 3.94. The standard InChI is InChI=1S/C14H20ClF3N4O2S2/c1-19-13(20-7-4-11-2-3-12(15)25-11)21-10-5-8-22(9-6-10)26(23,24)14(16,17)18/h2-3,10H,4-9H2,1H3,(H2,19,20,21). The fourth-order valence-electron chi connectivity index (χ4n) is 2.57. The molecule has 0 atom stereocenters. The van der Waals surface area contributed by atoms with Crippen LogP contribution in [0.2, 0.25) is 4.34 Å². The molecule has 12 heteroatoms. The van der Waals surface area contributed by atoms with E-state index in [-0.39, 0.29) is 32.0 Å². The molecule has 1 saturated heterocycles. The Morgan fingerprint density at radius 2 is 2.04 bits per heavy atom. The summed E-state index contributed by atoms with van der Waals surface area (Å²) in [5.41, 5.74) is -5.25. The Kier molecular flexibility index (Phi) is 7.17. The number of piperidine rings is 1. The second-order valence-electron chi connectivity index (χ2n) is 5.72. The largest absolute Gasteiger partial charge is 0.511 e. The lowest BCUT2D eigenvalue weighted by atomic mass is 10.1. The lowest BCUT2D eigenvalue weighted by Gasteiger charge is -2.32. The minimum Gasteiger partial charge on any atom is -0.356 e. The number of nitrogens with one attached hydrogen (secondary N) is 2. The highest BCUT2D eigenvalue weighted by atomic mass is 35.5. The van der Waals surface area contributed by atoms with Crippen molar-refractivity contribution in [2.45, 2.75) is 30.8 Å². The van der Waals surface area contributed by atoms with Crippen molar-refractivity contribution in [3.05, 3.63) is 21.3 Å². The molecule has 0 unspecified atom stereocenters. The van der Waals surface area contributed by atoms with Gasteiger partial charge in [-0.3, -0.25) is 4.99 Å². The first-order valence-electron chi connectivity index (χ1n) is 7.91. The van der Waals surface area contributed by atoms with Crippen LogP contribution in [0.4, 0.5) is 13.2 Å². The van der Waals surface area contributed by atoms with Crippen LogP contribution in [-0.4, -0.2) is 56.9 Å². The van der Waals surface area contributed by atoms with Gasteiger partial charge in [0.15, 0.2) is 5.96 Å². The van der Waals surface area contributed by atoms with E-state index in [0.717, 1.165) is 15.6 Å². The zero-order valence-electron chi connectivity index (χ0n) is 14.0. The van der Waals surface area contributed by atoms with E-state index in [2.05, 4.69) is 15.6 Å². The van der Waals surface area contributed by atoms with Gasteiger partial charge in [-0.2, -0.15) is 17.5 Å². The summed E-state index contributed by atoms with van der Waals surface area (Å²) in [6, 6.07) is 3.64. The van der Waals surface area contributed by atoms with Gasteiger partial charge < -0.3 is 10.6 Å². The summed E-state index contributed by atoms with van der Waals surface area (Å²) in [5, 5.41) is 6.25. The summed E-state index contributed by atoms with van der Waals surface area (Å²) in [6.07, 6.45) is 1.31. The predicted octanol–water partition coefficient (Wildman–Crippen LogP) is 2.42. The van der Waals surface area contributed by atoms with Crippen LogP contribution in [0.5, 0.6) is 0 Å². The Balaban J connectivity index is 1.78. The van der Waals surface area contributed by atoms with Crippen molar-refractivity contribution >= 4 is 38.9 Å². The van der Waals surface area contributed by atoms with Gasteiger partial charge in [0.25, 0.3) is 0 Å². The first-order valence-corrected chi connectivity index (χ1v) is 10.5. The van der Waals surface area contributed by atoms with Gasteiger partial charge in [-0.25, -0.2) is 8.42 Å². The van der Waals surface area contributed by atoms with Crippen LogP contribution in [0.3, 0.4) is 0 Å². The Hall–Kier alpha value is -1.04. The summed E-state index contributed by atoms with van der Waals surface area (Å²) in [6.45, 7) is 0.270. The molecule has 0 aromatic carbocycles. The van der Waals surface area contributed by atoms with Crippen molar-refractivity contribution in [3.8, 4) is 0 Å². The Bertz CT molecular complexity index is 729. The number of thiophene rings is 1. The van der Waals surface area contributed by atoms with E-state index >= 15 is 0 Å². The van der Waals surface area contributed by atoms with Crippen molar-refractivity contribution in [2.75, 3.05) is 26.7 Å². The summed E-state index contributed by atoms with van der Waals surface area (Å²) in [4.78, 5) is 5.21. The normalized spacial score (nSPS) is 18.1. The van der Waals surface area contributed by atoms with Crippen LogP contribution in [-0.2, 0) is 16.4 Å². The van der Waals surface area contributed by atoms with Gasteiger partial charge in [-0.05, 0) is 31.4 Å². The molecule has 0 spiro atoms. The summed E-state index contributed by atoms with van der Waals surface area (Å²) in [5.74, 6) is 0.532. The van der Waals surface area contributed by atoms with Crippen LogP contribution in [0.1, 0.15) is 17.7 Å². The Morgan fingerprint density at radius 3 is 2.54 bits per heavy atom. The minimum absolute atomic E-state index is 0.142. The van der Waals surface area contributed by atoms with Crippen molar-refractivity contribution in [1.82, 2.24) is 14.9 Å². The molecule has 0 bridgehead atoms. The number of guanidine groups is 1. The van der Waals surface area contributed by atoms with Crippen LogP contribution in [0.15, 0.2) is 17.1 Å². The third-order valence-corrected chi connectivity index (χ3v) is 6.86. The Morgan fingerprint density at radius 1 is 1.38 bits per heavy atom. The van der Waals surface area contributed by atoms with Gasteiger partial charge in [0.05, 0.1) is 4.34 Å².